The number of rotatable bonds is 6. The maximum absolute atomic E-state index is 10.5. The van der Waals surface area contributed by atoms with Gasteiger partial charge in [-0.05, 0) is 57.3 Å². The van der Waals surface area contributed by atoms with Crippen LogP contribution in [-0.4, -0.2) is 70.0 Å². The van der Waals surface area contributed by atoms with Crippen molar-refractivity contribution >= 4 is 0 Å². The van der Waals surface area contributed by atoms with Gasteiger partial charge in [-0.1, -0.05) is 30.3 Å². The highest BCUT2D eigenvalue weighted by molar-refractivity contribution is 5.15. The summed E-state index contributed by atoms with van der Waals surface area (Å²) in [5.74, 6) is 0.309. The van der Waals surface area contributed by atoms with E-state index in [1.807, 2.05) is 6.92 Å². The first-order valence-electron chi connectivity index (χ1n) is 10.4. The lowest BCUT2D eigenvalue weighted by Crippen LogP contribution is -2.44. The average Bonchev–Trinajstić information content (AvgIpc) is 3.27. The number of β-amino-alcohol motifs (C(OH)–C–C–N with tert-alkyl or cyclic N) is 1. The zero-order valence-corrected chi connectivity index (χ0v) is 16.3. The minimum Gasteiger partial charge on any atom is -0.391 e. The molecule has 2 fully saturated rings. The molecule has 2 saturated heterocycles. The van der Waals surface area contributed by atoms with Gasteiger partial charge >= 0.3 is 0 Å². The van der Waals surface area contributed by atoms with Gasteiger partial charge in [0.2, 0.25) is 0 Å². The summed E-state index contributed by atoms with van der Waals surface area (Å²) in [5.41, 5.74) is 3.60. The van der Waals surface area contributed by atoms with Crippen LogP contribution in [0.15, 0.2) is 36.4 Å². The first-order chi connectivity index (χ1) is 13.2. The van der Waals surface area contributed by atoms with Crippen molar-refractivity contribution in [2.24, 2.45) is 5.92 Å². The quantitative estimate of drug-likeness (QED) is 0.821. The van der Waals surface area contributed by atoms with Gasteiger partial charge in [0, 0.05) is 37.3 Å². The fraction of sp³-hybridized carbons (Fsp3) is 0.591. The third-order valence-corrected chi connectivity index (χ3v) is 6.30. The average molecular weight is 369 g/mol. The fourth-order valence-corrected chi connectivity index (χ4v) is 4.67. The normalized spacial score (nSPS) is 25.3. The van der Waals surface area contributed by atoms with Crippen molar-refractivity contribution in [2.75, 3.05) is 32.7 Å². The Kier molecular flexibility index (Phi) is 5.91. The standard InChI is InChI=1S/C22H32N4O/c1-17-13-20(24-23-17)14-19-15-26(16-22(19)27)21-8-11-25(12-9-21)10-7-18-5-3-2-4-6-18/h2-6,13,19,21-22,27H,7-12,14-16H2,1H3,(H,23,24)/t19-,22-/m1/s1. The second-order valence-electron chi connectivity index (χ2n) is 8.34. The summed E-state index contributed by atoms with van der Waals surface area (Å²) in [6.45, 7) is 7.35. The van der Waals surface area contributed by atoms with Crippen molar-refractivity contribution in [3.8, 4) is 0 Å². The minimum absolute atomic E-state index is 0.224. The Labute approximate surface area is 162 Å². The molecule has 0 unspecified atom stereocenters. The number of aromatic nitrogens is 2. The summed E-state index contributed by atoms with van der Waals surface area (Å²) in [7, 11) is 0. The Balaban J connectivity index is 1.22. The predicted octanol–water partition coefficient (Wildman–Crippen LogP) is 2.26. The van der Waals surface area contributed by atoms with Crippen molar-refractivity contribution in [3.05, 3.63) is 53.3 Å². The van der Waals surface area contributed by atoms with Crippen LogP contribution in [0.25, 0.3) is 0 Å². The highest BCUT2D eigenvalue weighted by Gasteiger charge is 2.36. The number of aliphatic hydroxyl groups excluding tert-OH is 1. The number of likely N-dealkylation sites (tertiary alicyclic amines) is 2. The van der Waals surface area contributed by atoms with E-state index in [0.29, 0.717) is 12.0 Å². The van der Waals surface area contributed by atoms with Crippen LogP contribution in [0.2, 0.25) is 0 Å². The highest BCUT2D eigenvalue weighted by atomic mass is 16.3. The minimum atomic E-state index is -0.224. The maximum atomic E-state index is 10.5. The number of hydrogen-bond donors (Lipinski definition) is 2. The molecule has 0 spiro atoms. The van der Waals surface area contributed by atoms with Crippen LogP contribution in [0.5, 0.6) is 0 Å². The lowest BCUT2D eigenvalue weighted by atomic mass is 10.00. The number of aryl methyl sites for hydroxylation is 1. The molecule has 5 nitrogen and oxygen atoms in total. The van der Waals surface area contributed by atoms with Crippen LogP contribution < -0.4 is 0 Å². The van der Waals surface area contributed by atoms with Crippen LogP contribution >= 0.6 is 0 Å². The molecule has 0 bridgehead atoms. The number of piperidine rings is 1. The fourth-order valence-electron chi connectivity index (χ4n) is 4.67. The largest absolute Gasteiger partial charge is 0.391 e. The zero-order chi connectivity index (χ0) is 18.6. The van der Waals surface area contributed by atoms with Crippen LogP contribution in [0.4, 0.5) is 0 Å². The van der Waals surface area contributed by atoms with Crippen molar-refractivity contribution < 1.29 is 5.11 Å². The first kappa shape index (κ1) is 18.7. The monoisotopic (exact) mass is 368 g/mol. The van der Waals surface area contributed by atoms with Gasteiger partial charge in [0.1, 0.15) is 0 Å². The number of nitrogens with one attached hydrogen (secondary N) is 1. The van der Waals surface area contributed by atoms with Crippen molar-refractivity contribution in [2.45, 2.75) is 44.8 Å². The SMILES string of the molecule is Cc1cc(C[C@@H]2CN(C3CCN(CCc4ccccc4)CC3)C[C@H]2O)n[nH]1. The highest BCUT2D eigenvalue weighted by Crippen LogP contribution is 2.27. The summed E-state index contributed by atoms with van der Waals surface area (Å²) in [4.78, 5) is 5.13. The molecule has 146 valence electrons. The number of H-pyrrole nitrogens is 1. The van der Waals surface area contributed by atoms with E-state index < -0.39 is 0 Å². The zero-order valence-electron chi connectivity index (χ0n) is 16.3. The molecule has 0 amide bonds. The summed E-state index contributed by atoms with van der Waals surface area (Å²) < 4.78 is 0. The maximum Gasteiger partial charge on any atom is 0.0711 e. The molecule has 2 aliphatic heterocycles. The molecule has 2 aromatic rings. The molecule has 1 aromatic carbocycles. The molecular formula is C22H32N4O. The van der Waals surface area contributed by atoms with Gasteiger partial charge in [0.25, 0.3) is 0 Å². The van der Waals surface area contributed by atoms with E-state index in [0.717, 1.165) is 43.9 Å². The van der Waals surface area contributed by atoms with Gasteiger partial charge in [0.05, 0.1) is 11.8 Å². The van der Waals surface area contributed by atoms with Crippen LogP contribution in [0.3, 0.4) is 0 Å². The summed E-state index contributed by atoms with van der Waals surface area (Å²) in [6, 6.07) is 13.5. The molecule has 3 heterocycles. The van der Waals surface area contributed by atoms with Gasteiger partial charge in [-0.25, -0.2) is 0 Å². The summed E-state index contributed by atoms with van der Waals surface area (Å²) >= 11 is 0. The molecule has 2 aliphatic rings. The number of aliphatic hydroxyl groups is 1. The second kappa shape index (κ2) is 8.55. The van der Waals surface area contributed by atoms with Gasteiger partial charge in [-0.15, -0.1) is 0 Å². The van der Waals surface area contributed by atoms with Crippen molar-refractivity contribution in [1.82, 2.24) is 20.0 Å². The summed E-state index contributed by atoms with van der Waals surface area (Å²) in [6.07, 6.45) is 4.22. The number of nitrogens with zero attached hydrogens (tertiary/aromatic N) is 3. The van der Waals surface area contributed by atoms with Crippen LogP contribution in [0, 0.1) is 12.8 Å². The van der Waals surface area contributed by atoms with E-state index in [-0.39, 0.29) is 6.10 Å². The third kappa shape index (κ3) is 4.78. The molecule has 27 heavy (non-hydrogen) atoms. The second-order valence-corrected chi connectivity index (χ2v) is 8.34. The molecule has 5 heteroatoms. The van der Waals surface area contributed by atoms with Gasteiger partial charge in [-0.2, -0.15) is 5.10 Å². The van der Waals surface area contributed by atoms with E-state index in [2.05, 4.69) is 56.4 Å². The van der Waals surface area contributed by atoms with E-state index in [1.165, 1.54) is 31.5 Å². The Bertz CT molecular complexity index is 708. The van der Waals surface area contributed by atoms with E-state index in [4.69, 9.17) is 0 Å². The van der Waals surface area contributed by atoms with Gasteiger partial charge in [-0.3, -0.25) is 10.00 Å². The number of benzene rings is 1. The molecule has 2 atom stereocenters. The molecule has 2 N–H and O–H groups in total. The lowest BCUT2D eigenvalue weighted by Gasteiger charge is -2.36. The van der Waals surface area contributed by atoms with Crippen molar-refractivity contribution in [1.29, 1.82) is 0 Å². The topological polar surface area (TPSA) is 55.4 Å². The van der Waals surface area contributed by atoms with Crippen LogP contribution in [-0.2, 0) is 12.8 Å². The summed E-state index contributed by atoms with van der Waals surface area (Å²) in [5, 5.41) is 17.9. The third-order valence-electron chi connectivity index (χ3n) is 6.30. The van der Waals surface area contributed by atoms with Gasteiger partial charge < -0.3 is 10.0 Å². The molecule has 0 radical (unpaired) electrons. The Hall–Kier alpha value is -1.69. The number of hydrogen-bond acceptors (Lipinski definition) is 4. The smallest absolute Gasteiger partial charge is 0.0711 e. The Morgan fingerprint density at radius 3 is 2.63 bits per heavy atom. The molecule has 4 rings (SSSR count). The van der Waals surface area contributed by atoms with E-state index >= 15 is 0 Å². The van der Waals surface area contributed by atoms with Crippen molar-refractivity contribution in [3.63, 3.8) is 0 Å². The van der Waals surface area contributed by atoms with E-state index in [9.17, 15) is 5.11 Å². The molecular weight excluding hydrogens is 336 g/mol. The molecule has 0 saturated carbocycles. The number of aromatic amines is 1. The molecule has 1 aromatic heterocycles. The van der Waals surface area contributed by atoms with Crippen LogP contribution in [0.1, 0.15) is 29.8 Å². The first-order valence-corrected chi connectivity index (χ1v) is 10.4. The Morgan fingerprint density at radius 1 is 1.15 bits per heavy atom. The van der Waals surface area contributed by atoms with Gasteiger partial charge in [0.15, 0.2) is 0 Å². The van der Waals surface area contributed by atoms with E-state index in [1.54, 1.807) is 0 Å². The Morgan fingerprint density at radius 2 is 1.93 bits per heavy atom. The predicted molar refractivity (Wildman–Crippen MR) is 108 cm³/mol. The molecule has 0 aliphatic carbocycles. The lowest BCUT2D eigenvalue weighted by molar-refractivity contribution is 0.107.